The maximum Gasteiger partial charge on any atom is 0.429 e. The quantitative estimate of drug-likeness (QED) is 0.678. The largest absolute Gasteiger partial charge is 0.429 e. The van der Waals surface area contributed by atoms with Gasteiger partial charge in [-0.25, -0.2) is 0 Å². The van der Waals surface area contributed by atoms with E-state index in [1.165, 1.54) is 13.0 Å². The second-order valence-electron chi connectivity index (χ2n) is 5.23. The Morgan fingerprint density at radius 1 is 1.17 bits per heavy atom. The molecule has 132 valence electrons. The molecule has 0 aliphatic carbocycles. The van der Waals surface area contributed by atoms with E-state index in [2.05, 4.69) is 9.98 Å². The summed E-state index contributed by atoms with van der Waals surface area (Å²) >= 11 is 5.76. The summed E-state index contributed by atoms with van der Waals surface area (Å²) < 4.78 is 76.5. The van der Waals surface area contributed by atoms with Crippen LogP contribution in [0.3, 0.4) is 0 Å². The van der Waals surface area contributed by atoms with E-state index >= 15 is 0 Å². The average Bonchev–Trinajstić information content (AvgIpc) is 2.46. The van der Waals surface area contributed by atoms with Gasteiger partial charge in [0.2, 0.25) is 6.17 Å². The first-order valence-electron chi connectivity index (χ1n) is 6.77. The van der Waals surface area contributed by atoms with Crippen LogP contribution >= 0.6 is 11.6 Å². The van der Waals surface area contributed by atoms with E-state index in [4.69, 9.17) is 11.6 Å². The van der Waals surface area contributed by atoms with Gasteiger partial charge in [0.1, 0.15) is 0 Å². The fourth-order valence-electron chi connectivity index (χ4n) is 2.03. The predicted molar refractivity (Wildman–Crippen MR) is 78.8 cm³/mol. The number of hydrogen-bond acceptors (Lipinski definition) is 3. The van der Waals surface area contributed by atoms with Gasteiger partial charge in [0.15, 0.2) is 0 Å². The van der Waals surface area contributed by atoms with E-state index in [-0.39, 0.29) is 22.7 Å². The lowest BCUT2D eigenvalue weighted by molar-refractivity contribution is -0.151. The molecule has 0 saturated carbocycles. The van der Waals surface area contributed by atoms with Gasteiger partial charge in [0, 0.05) is 29.2 Å². The fourth-order valence-corrected chi connectivity index (χ4v) is 2.27. The first-order valence-corrected chi connectivity index (χ1v) is 7.15. The Morgan fingerprint density at radius 2 is 1.83 bits per heavy atom. The molecule has 0 bridgehead atoms. The van der Waals surface area contributed by atoms with Crippen LogP contribution in [0.2, 0.25) is 0 Å². The van der Waals surface area contributed by atoms with Crippen molar-refractivity contribution >= 4 is 24.0 Å². The molecule has 2 rings (SSSR count). The molecule has 0 fully saturated rings. The highest BCUT2D eigenvalue weighted by atomic mass is 35.5. The number of nitrogens with zero attached hydrogens (tertiary/aromatic N) is 2. The zero-order valence-electron chi connectivity index (χ0n) is 12.2. The van der Waals surface area contributed by atoms with Crippen LogP contribution in [0, 0.1) is 5.92 Å². The van der Waals surface area contributed by atoms with Crippen LogP contribution in [-0.2, 0) is 0 Å². The summed E-state index contributed by atoms with van der Waals surface area (Å²) in [5.41, 5.74) is -0.833. The molecule has 0 spiro atoms. The van der Waals surface area contributed by atoms with Crippen LogP contribution < -0.4 is 5.32 Å². The highest BCUT2D eigenvalue weighted by molar-refractivity contribution is 6.31. The molecule has 0 aromatic rings. The third-order valence-electron chi connectivity index (χ3n) is 3.36. The number of hydrogen-bond donors (Lipinski definition) is 1. The summed E-state index contributed by atoms with van der Waals surface area (Å²) in [6, 6.07) is 0. The van der Waals surface area contributed by atoms with Crippen LogP contribution in [0.4, 0.5) is 26.3 Å². The second kappa shape index (κ2) is 6.62. The van der Waals surface area contributed by atoms with Gasteiger partial charge >= 0.3 is 12.4 Å². The number of nitrogens with one attached hydrogen (secondary N) is 1. The number of aliphatic imine (C=N–C) groups is 2. The Labute approximate surface area is 138 Å². The third-order valence-corrected chi connectivity index (χ3v) is 3.93. The molecule has 2 aliphatic rings. The van der Waals surface area contributed by atoms with Gasteiger partial charge in [-0.05, 0) is 12.3 Å². The fraction of sp³-hybridized carbons (Fsp3) is 0.429. The number of alkyl halides is 6. The molecule has 0 aromatic carbocycles. The van der Waals surface area contributed by atoms with Gasteiger partial charge in [-0.2, -0.15) is 26.3 Å². The molecular formula is C14H12ClF6N3. The Kier molecular flexibility index (Phi) is 5.12. The van der Waals surface area contributed by atoms with E-state index in [1.54, 1.807) is 0 Å². The molecule has 0 saturated heterocycles. The summed E-state index contributed by atoms with van der Waals surface area (Å²) in [6.07, 6.45) is -7.13. The Morgan fingerprint density at radius 3 is 2.33 bits per heavy atom. The lowest BCUT2D eigenvalue weighted by atomic mass is 10.00. The molecule has 0 aromatic heterocycles. The molecule has 2 atom stereocenters. The van der Waals surface area contributed by atoms with E-state index in [9.17, 15) is 26.3 Å². The third kappa shape index (κ3) is 4.19. The maximum absolute atomic E-state index is 13.0. The molecule has 0 radical (unpaired) electrons. The van der Waals surface area contributed by atoms with Crippen molar-refractivity contribution in [3.63, 3.8) is 0 Å². The topological polar surface area (TPSA) is 36.8 Å². The molecule has 3 nitrogen and oxygen atoms in total. The summed E-state index contributed by atoms with van der Waals surface area (Å²) in [4.78, 5) is 7.03. The van der Waals surface area contributed by atoms with Crippen molar-refractivity contribution in [1.29, 1.82) is 0 Å². The smallest absolute Gasteiger partial charge is 0.362 e. The maximum atomic E-state index is 13.0. The van der Waals surface area contributed by atoms with Gasteiger partial charge in [-0.1, -0.05) is 24.6 Å². The lowest BCUT2D eigenvalue weighted by Crippen LogP contribution is -2.39. The minimum atomic E-state index is -4.67. The van der Waals surface area contributed by atoms with Crippen LogP contribution in [0.25, 0.3) is 0 Å². The average molecular weight is 372 g/mol. The van der Waals surface area contributed by atoms with Crippen LogP contribution in [-0.4, -0.2) is 30.9 Å². The molecule has 0 amide bonds. The number of allylic oxidation sites excluding steroid dienone is 4. The van der Waals surface area contributed by atoms with Gasteiger partial charge in [-0.3, -0.25) is 9.98 Å². The molecule has 2 heterocycles. The van der Waals surface area contributed by atoms with Crippen LogP contribution in [0.1, 0.15) is 13.3 Å². The van der Waals surface area contributed by atoms with Gasteiger partial charge in [-0.15, -0.1) is 0 Å². The minimum absolute atomic E-state index is 0.0876. The summed E-state index contributed by atoms with van der Waals surface area (Å²) in [6.45, 7) is 1.52. The highest BCUT2D eigenvalue weighted by Crippen LogP contribution is 2.35. The van der Waals surface area contributed by atoms with E-state index < -0.39 is 30.0 Å². The molecule has 2 unspecified atom stereocenters. The van der Waals surface area contributed by atoms with Crippen molar-refractivity contribution < 1.29 is 26.3 Å². The number of rotatable bonds is 1. The molecule has 1 N–H and O–H groups in total. The second-order valence-corrected chi connectivity index (χ2v) is 5.64. The van der Waals surface area contributed by atoms with E-state index in [1.807, 2.05) is 5.32 Å². The molecule has 2 aliphatic heterocycles. The highest BCUT2D eigenvalue weighted by Gasteiger charge is 2.40. The summed E-state index contributed by atoms with van der Waals surface area (Å²) in [5.74, 6) is -0.609. The van der Waals surface area contributed by atoms with Gasteiger partial charge in [0.05, 0.1) is 11.3 Å². The van der Waals surface area contributed by atoms with Crippen molar-refractivity contribution in [2.45, 2.75) is 31.9 Å². The van der Waals surface area contributed by atoms with Crippen molar-refractivity contribution in [2.75, 3.05) is 0 Å². The molecule has 10 heteroatoms. The van der Waals surface area contributed by atoms with Crippen molar-refractivity contribution in [3.8, 4) is 0 Å². The zero-order valence-corrected chi connectivity index (χ0v) is 13.0. The lowest BCUT2D eigenvalue weighted by Gasteiger charge is -2.21. The van der Waals surface area contributed by atoms with Crippen LogP contribution in [0.5, 0.6) is 0 Å². The van der Waals surface area contributed by atoms with E-state index in [0.717, 1.165) is 12.4 Å². The van der Waals surface area contributed by atoms with Gasteiger partial charge < -0.3 is 5.32 Å². The normalized spacial score (nSPS) is 25.7. The SMILES string of the molecule is CC1CC=C(C2=CNC(C(F)(F)F)N=C2)N=CC(C(F)(F)F)=C1Cl. The standard InChI is InChI=1S/C14H12ClF6N3/c1-7-2-3-10(22-6-9(11(7)15)13(16,17)18)8-4-23-12(24-5-8)14(19,20)21/h3-7,12,23H,2H2,1H3. The van der Waals surface area contributed by atoms with Crippen molar-refractivity contribution in [2.24, 2.45) is 15.9 Å². The first-order chi connectivity index (χ1) is 11.0. The summed E-state index contributed by atoms with van der Waals surface area (Å²) in [7, 11) is 0. The van der Waals surface area contributed by atoms with Crippen LogP contribution in [0.15, 0.2) is 44.1 Å². The Balaban J connectivity index is 2.28. The molecular weight excluding hydrogens is 360 g/mol. The van der Waals surface area contributed by atoms with E-state index in [0.29, 0.717) is 6.21 Å². The predicted octanol–water partition coefficient (Wildman–Crippen LogP) is 4.48. The number of halogens is 7. The minimum Gasteiger partial charge on any atom is -0.362 e. The zero-order chi connectivity index (χ0) is 18.1. The van der Waals surface area contributed by atoms with Crippen molar-refractivity contribution in [1.82, 2.24) is 5.32 Å². The first kappa shape index (κ1) is 18.6. The Bertz CT molecular complexity index is 654. The monoisotopic (exact) mass is 371 g/mol. The summed E-state index contributed by atoms with van der Waals surface area (Å²) in [5, 5.41) is 1.69. The Hall–Kier alpha value is -1.77. The van der Waals surface area contributed by atoms with Gasteiger partial charge in [0.25, 0.3) is 0 Å². The molecule has 24 heavy (non-hydrogen) atoms. The van der Waals surface area contributed by atoms with Crippen molar-refractivity contribution in [3.05, 3.63) is 34.2 Å².